The third-order valence-corrected chi connectivity index (χ3v) is 7.63. The molecule has 1 unspecified atom stereocenters. The standard InChI is InChI=1S/C25H24N2O4S/c1-3-27-25(29)21-15-14-20(16-22(21)32(27,30)31)24(28)26-17(2)23(18-10-6-4-7-11-18)19-12-8-5-9-13-19/h4-17,23H,3H2,1-2H3,(H,26,28). The Morgan fingerprint density at radius 2 is 1.50 bits per heavy atom. The number of carbonyl (C=O) groups excluding carboxylic acids is 2. The third-order valence-electron chi connectivity index (χ3n) is 5.73. The molecule has 1 atom stereocenters. The number of nitrogens with one attached hydrogen (secondary N) is 1. The lowest BCUT2D eigenvalue weighted by atomic mass is 9.85. The number of rotatable bonds is 6. The van der Waals surface area contributed by atoms with Gasteiger partial charge in [-0.3, -0.25) is 9.59 Å². The molecule has 2 amide bonds. The average molecular weight is 449 g/mol. The van der Waals surface area contributed by atoms with Gasteiger partial charge in [0, 0.05) is 24.1 Å². The predicted octanol–water partition coefficient (Wildman–Crippen LogP) is 3.80. The highest BCUT2D eigenvalue weighted by molar-refractivity contribution is 7.90. The highest BCUT2D eigenvalue weighted by Crippen LogP contribution is 2.31. The van der Waals surface area contributed by atoms with Crippen molar-refractivity contribution in [1.82, 2.24) is 9.62 Å². The van der Waals surface area contributed by atoms with Crippen LogP contribution in [0.25, 0.3) is 0 Å². The monoisotopic (exact) mass is 448 g/mol. The van der Waals surface area contributed by atoms with E-state index in [2.05, 4.69) is 5.32 Å². The van der Waals surface area contributed by atoms with Gasteiger partial charge in [0.2, 0.25) is 0 Å². The molecule has 1 aliphatic rings. The van der Waals surface area contributed by atoms with Gasteiger partial charge in [0.1, 0.15) is 4.90 Å². The molecule has 0 saturated heterocycles. The molecule has 32 heavy (non-hydrogen) atoms. The van der Waals surface area contributed by atoms with E-state index in [1.54, 1.807) is 6.92 Å². The van der Waals surface area contributed by atoms with Gasteiger partial charge >= 0.3 is 0 Å². The molecule has 6 nitrogen and oxygen atoms in total. The number of sulfonamides is 1. The second-order valence-corrected chi connectivity index (χ2v) is 9.58. The van der Waals surface area contributed by atoms with Gasteiger partial charge in [-0.15, -0.1) is 0 Å². The lowest BCUT2D eigenvalue weighted by molar-refractivity contribution is 0.0873. The van der Waals surface area contributed by atoms with E-state index < -0.39 is 21.8 Å². The summed E-state index contributed by atoms with van der Waals surface area (Å²) in [7, 11) is -3.93. The molecule has 7 heteroatoms. The van der Waals surface area contributed by atoms with Crippen LogP contribution in [0.4, 0.5) is 0 Å². The number of nitrogens with zero attached hydrogens (tertiary/aromatic N) is 1. The first-order valence-electron chi connectivity index (χ1n) is 10.5. The molecule has 0 fully saturated rings. The Morgan fingerprint density at radius 1 is 0.938 bits per heavy atom. The number of fused-ring (bicyclic) bond motifs is 1. The predicted molar refractivity (Wildman–Crippen MR) is 122 cm³/mol. The number of amides is 2. The van der Waals surface area contributed by atoms with Crippen molar-refractivity contribution in [3.8, 4) is 0 Å². The highest BCUT2D eigenvalue weighted by atomic mass is 32.2. The fraction of sp³-hybridized carbons (Fsp3) is 0.200. The van der Waals surface area contributed by atoms with Crippen LogP contribution in [-0.2, 0) is 10.0 Å². The highest BCUT2D eigenvalue weighted by Gasteiger charge is 2.40. The largest absolute Gasteiger partial charge is 0.349 e. The maximum Gasteiger partial charge on any atom is 0.268 e. The molecular weight excluding hydrogens is 424 g/mol. The summed E-state index contributed by atoms with van der Waals surface area (Å²) in [6.45, 7) is 3.57. The zero-order chi connectivity index (χ0) is 22.9. The maximum atomic E-state index is 13.1. The third kappa shape index (κ3) is 3.80. The molecule has 3 aromatic rings. The van der Waals surface area contributed by atoms with E-state index in [-0.39, 0.29) is 34.5 Å². The van der Waals surface area contributed by atoms with Gasteiger partial charge in [-0.1, -0.05) is 60.7 Å². The van der Waals surface area contributed by atoms with Gasteiger partial charge < -0.3 is 5.32 Å². The summed E-state index contributed by atoms with van der Waals surface area (Å²) in [5.41, 5.74) is 2.42. The summed E-state index contributed by atoms with van der Waals surface area (Å²) in [5, 5.41) is 3.02. The van der Waals surface area contributed by atoms with Crippen molar-refractivity contribution in [1.29, 1.82) is 0 Å². The van der Waals surface area contributed by atoms with Gasteiger partial charge in [-0.2, -0.15) is 0 Å². The van der Waals surface area contributed by atoms with E-state index in [1.165, 1.54) is 18.2 Å². The van der Waals surface area contributed by atoms with Crippen LogP contribution >= 0.6 is 0 Å². The number of hydrogen-bond donors (Lipinski definition) is 1. The lowest BCUT2D eigenvalue weighted by Crippen LogP contribution is -2.37. The molecule has 0 spiro atoms. The first-order chi connectivity index (χ1) is 15.3. The van der Waals surface area contributed by atoms with E-state index >= 15 is 0 Å². The first-order valence-corrected chi connectivity index (χ1v) is 11.9. The van der Waals surface area contributed by atoms with Crippen molar-refractivity contribution < 1.29 is 18.0 Å². The summed E-state index contributed by atoms with van der Waals surface area (Å²) >= 11 is 0. The summed E-state index contributed by atoms with van der Waals surface area (Å²) in [6, 6.07) is 23.7. The van der Waals surface area contributed by atoms with E-state index in [9.17, 15) is 18.0 Å². The summed E-state index contributed by atoms with van der Waals surface area (Å²) in [4.78, 5) is 25.3. The van der Waals surface area contributed by atoms with Gasteiger partial charge in [0.25, 0.3) is 21.8 Å². The van der Waals surface area contributed by atoms with Crippen molar-refractivity contribution >= 4 is 21.8 Å². The average Bonchev–Trinajstić information content (AvgIpc) is 2.99. The maximum absolute atomic E-state index is 13.1. The van der Waals surface area contributed by atoms with Gasteiger partial charge in [-0.05, 0) is 43.2 Å². The lowest BCUT2D eigenvalue weighted by Gasteiger charge is -2.26. The Labute approximate surface area is 187 Å². The molecule has 0 aromatic heterocycles. The van der Waals surface area contributed by atoms with E-state index in [0.29, 0.717) is 0 Å². The molecule has 0 saturated carbocycles. The summed E-state index contributed by atoms with van der Waals surface area (Å²) in [6.07, 6.45) is 0. The molecule has 1 aliphatic heterocycles. The molecular formula is C25H24N2O4S. The Bertz CT molecular complexity index is 1220. The van der Waals surface area contributed by atoms with Crippen molar-refractivity contribution in [2.24, 2.45) is 0 Å². The molecule has 1 heterocycles. The molecule has 0 radical (unpaired) electrons. The van der Waals surface area contributed by atoms with Crippen molar-refractivity contribution in [2.75, 3.05) is 6.54 Å². The quantitative estimate of drug-likeness (QED) is 0.622. The number of hydrogen-bond acceptors (Lipinski definition) is 4. The van der Waals surface area contributed by atoms with E-state index in [0.717, 1.165) is 15.4 Å². The molecule has 0 aliphatic carbocycles. The minimum Gasteiger partial charge on any atom is -0.349 e. The number of carbonyl (C=O) groups is 2. The SMILES string of the molecule is CCN1C(=O)c2ccc(C(=O)NC(C)C(c3ccccc3)c3ccccc3)cc2S1(=O)=O. The van der Waals surface area contributed by atoms with Crippen molar-refractivity contribution in [2.45, 2.75) is 30.7 Å². The van der Waals surface area contributed by atoms with Crippen LogP contribution in [0.5, 0.6) is 0 Å². The van der Waals surface area contributed by atoms with E-state index in [4.69, 9.17) is 0 Å². The van der Waals surface area contributed by atoms with Crippen molar-refractivity contribution in [3.63, 3.8) is 0 Å². The molecule has 0 bridgehead atoms. The second-order valence-electron chi connectivity index (χ2n) is 7.75. The van der Waals surface area contributed by atoms with Crippen LogP contribution in [0.3, 0.4) is 0 Å². The van der Waals surface area contributed by atoms with Gasteiger partial charge in [-0.25, -0.2) is 12.7 Å². The second kappa shape index (κ2) is 8.59. The Hall–Kier alpha value is -3.45. The number of benzene rings is 3. The summed E-state index contributed by atoms with van der Waals surface area (Å²) in [5.74, 6) is -1.04. The topological polar surface area (TPSA) is 83.6 Å². The minimum atomic E-state index is -3.93. The summed E-state index contributed by atoms with van der Waals surface area (Å²) < 4.78 is 26.2. The normalized spacial score (nSPS) is 15.5. The van der Waals surface area contributed by atoms with Crippen LogP contribution in [0.2, 0.25) is 0 Å². The Kier molecular flexibility index (Phi) is 5.84. The van der Waals surface area contributed by atoms with Gasteiger partial charge in [0.15, 0.2) is 0 Å². The fourth-order valence-corrected chi connectivity index (χ4v) is 5.80. The molecule has 1 N–H and O–H groups in total. The van der Waals surface area contributed by atoms with Crippen molar-refractivity contribution in [3.05, 3.63) is 101 Å². The van der Waals surface area contributed by atoms with E-state index in [1.807, 2.05) is 67.6 Å². The zero-order valence-electron chi connectivity index (χ0n) is 17.9. The molecule has 4 rings (SSSR count). The molecule has 164 valence electrons. The fourth-order valence-electron chi connectivity index (χ4n) is 4.19. The van der Waals surface area contributed by atoms with Crippen LogP contribution < -0.4 is 5.32 Å². The van der Waals surface area contributed by atoms with Crippen LogP contribution in [0.15, 0.2) is 83.8 Å². The minimum absolute atomic E-state index is 0.0459. The van der Waals surface area contributed by atoms with Gasteiger partial charge in [0.05, 0.1) is 5.56 Å². The van der Waals surface area contributed by atoms with Crippen LogP contribution in [0, 0.1) is 0 Å². The Balaban J connectivity index is 1.63. The van der Waals surface area contributed by atoms with Crippen LogP contribution in [-0.4, -0.2) is 37.1 Å². The Morgan fingerprint density at radius 3 is 2.03 bits per heavy atom. The molecule has 3 aromatic carbocycles. The smallest absolute Gasteiger partial charge is 0.268 e. The van der Waals surface area contributed by atoms with Crippen LogP contribution in [0.1, 0.15) is 51.6 Å². The first kappa shape index (κ1) is 21.8. The zero-order valence-corrected chi connectivity index (χ0v) is 18.7.